The van der Waals surface area contributed by atoms with Gasteiger partial charge < -0.3 is 19.5 Å². The Balaban J connectivity index is 1.75. The van der Waals surface area contributed by atoms with Crippen LogP contribution < -0.4 is 14.4 Å². The fraction of sp³-hybridized carbons (Fsp3) is 0.524. The molecule has 1 aromatic carbocycles. The number of hydrogen-bond donors (Lipinski definition) is 1. The normalized spacial score (nSPS) is 17.6. The van der Waals surface area contributed by atoms with Crippen LogP contribution in [0.25, 0.3) is 0 Å². The number of benzene rings is 1. The standard InChI is InChI=1S/C21H30N4O3/c1-15-16(2)19(27-3)6-5-17(15)12-24-8-9-25(13-18(24)7-10-26)20-11-21(28-4)23-14-22-20/h5-6,11,14,18,26H,7-10,12-13H2,1-4H3. The highest BCUT2D eigenvalue weighted by Crippen LogP contribution is 2.27. The molecule has 2 aromatic rings. The SMILES string of the molecule is COc1cc(N2CCN(Cc3ccc(OC)c(C)c3C)C(CCO)C2)ncn1. The van der Waals surface area contributed by atoms with E-state index >= 15 is 0 Å². The molecule has 2 heterocycles. The summed E-state index contributed by atoms with van der Waals surface area (Å²) in [6.45, 7) is 7.87. The molecule has 0 radical (unpaired) electrons. The van der Waals surface area contributed by atoms with Crippen LogP contribution >= 0.6 is 0 Å². The van der Waals surface area contributed by atoms with Crippen molar-refractivity contribution in [1.82, 2.24) is 14.9 Å². The third kappa shape index (κ3) is 4.36. The number of aromatic nitrogens is 2. The minimum atomic E-state index is 0.169. The van der Waals surface area contributed by atoms with Gasteiger partial charge in [0.1, 0.15) is 17.9 Å². The number of nitrogens with zero attached hydrogens (tertiary/aromatic N) is 4. The first-order valence-corrected chi connectivity index (χ1v) is 9.66. The summed E-state index contributed by atoms with van der Waals surface area (Å²) in [5.41, 5.74) is 3.76. The van der Waals surface area contributed by atoms with Crippen molar-refractivity contribution in [3.05, 3.63) is 41.2 Å². The van der Waals surface area contributed by atoms with E-state index in [1.807, 2.05) is 12.1 Å². The fourth-order valence-electron chi connectivity index (χ4n) is 3.81. The molecule has 1 unspecified atom stereocenters. The van der Waals surface area contributed by atoms with Gasteiger partial charge in [-0.1, -0.05) is 6.07 Å². The topological polar surface area (TPSA) is 71.0 Å². The Kier molecular flexibility index (Phi) is 6.70. The van der Waals surface area contributed by atoms with Crippen molar-refractivity contribution in [2.75, 3.05) is 45.4 Å². The molecule has 0 bridgehead atoms. The molecular formula is C21H30N4O3. The van der Waals surface area contributed by atoms with Gasteiger partial charge in [-0.2, -0.15) is 0 Å². The highest BCUT2D eigenvalue weighted by atomic mass is 16.5. The molecule has 0 spiro atoms. The maximum absolute atomic E-state index is 9.60. The molecule has 3 rings (SSSR count). The summed E-state index contributed by atoms with van der Waals surface area (Å²) < 4.78 is 10.7. The molecule has 1 N–H and O–H groups in total. The van der Waals surface area contributed by atoms with E-state index in [0.29, 0.717) is 5.88 Å². The van der Waals surface area contributed by atoms with Crippen LogP contribution in [-0.2, 0) is 6.54 Å². The Labute approximate surface area is 166 Å². The Morgan fingerprint density at radius 2 is 1.93 bits per heavy atom. The number of methoxy groups -OCH3 is 2. The van der Waals surface area contributed by atoms with Gasteiger partial charge in [0.05, 0.1) is 14.2 Å². The Bertz CT molecular complexity index is 799. The van der Waals surface area contributed by atoms with Crippen molar-refractivity contribution in [2.45, 2.75) is 32.9 Å². The number of aliphatic hydroxyl groups is 1. The van der Waals surface area contributed by atoms with Crippen LogP contribution in [0.1, 0.15) is 23.1 Å². The van der Waals surface area contributed by atoms with Crippen molar-refractivity contribution in [3.8, 4) is 11.6 Å². The second-order valence-corrected chi connectivity index (χ2v) is 7.18. The van der Waals surface area contributed by atoms with E-state index in [1.54, 1.807) is 14.2 Å². The van der Waals surface area contributed by atoms with Crippen molar-refractivity contribution >= 4 is 5.82 Å². The average Bonchev–Trinajstić information content (AvgIpc) is 2.73. The first kappa shape index (κ1) is 20.4. The molecule has 1 aromatic heterocycles. The van der Waals surface area contributed by atoms with E-state index in [9.17, 15) is 5.11 Å². The number of anilines is 1. The van der Waals surface area contributed by atoms with Crippen molar-refractivity contribution in [1.29, 1.82) is 0 Å². The monoisotopic (exact) mass is 386 g/mol. The van der Waals surface area contributed by atoms with E-state index in [0.717, 1.165) is 44.2 Å². The summed E-state index contributed by atoms with van der Waals surface area (Å²) in [4.78, 5) is 13.2. The molecule has 0 amide bonds. The maximum Gasteiger partial charge on any atom is 0.218 e. The predicted molar refractivity (Wildman–Crippen MR) is 109 cm³/mol. The molecule has 28 heavy (non-hydrogen) atoms. The average molecular weight is 386 g/mol. The van der Waals surface area contributed by atoms with Gasteiger partial charge in [0.2, 0.25) is 5.88 Å². The van der Waals surface area contributed by atoms with Gasteiger partial charge in [0.25, 0.3) is 0 Å². The zero-order valence-electron chi connectivity index (χ0n) is 17.2. The molecule has 0 aliphatic carbocycles. The molecular weight excluding hydrogens is 356 g/mol. The van der Waals surface area contributed by atoms with E-state index in [4.69, 9.17) is 9.47 Å². The van der Waals surface area contributed by atoms with Crippen LogP contribution in [-0.4, -0.2) is 66.5 Å². The number of aliphatic hydroxyl groups excluding tert-OH is 1. The molecule has 7 heteroatoms. The van der Waals surface area contributed by atoms with E-state index in [2.05, 4.69) is 39.7 Å². The van der Waals surface area contributed by atoms with E-state index < -0.39 is 0 Å². The van der Waals surface area contributed by atoms with Gasteiger partial charge in [0.15, 0.2) is 0 Å². The van der Waals surface area contributed by atoms with Crippen molar-refractivity contribution < 1.29 is 14.6 Å². The van der Waals surface area contributed by atoms with Gasteiger partial charge >= 0.3 is 0 Å². The van der Waals surface area contributed by atoms with Crippen molar-refractivity contribution in [3.63, 3.8) is 0 Å². The van der Waals surface area contributed by atoms with Gasteiger partial charge in [-0.15, -0.1) is 0 Å². The molecule has 1 atom stereocenters. The summed E-state index contributed by atoms with van der Waals surface area (Å²) in [7, 11) is 3.32. The quantitative estimate of drug-likeness (QED) is 0.782. The lowest BCUT2D eigenvalue weighted by Gasteiger charge is -2.42. The Morgan fingerprint density at radius 1 is 1.11 bits per heavy atom. The summed E-state index contributed by atoms with van der Waals surface area (Å²) in [6, 6.07) is 6.31. The highest BCUT2D eigenvalue weighted by molar-refractivity contribution is 5.44. The van der Waals surface area contributed by atoms with Crippen LogP contribution in [0.5, 0.6) is 11.6 Å². The highest BCUT2D eigenvalue weighted by Gasteiger charge is 2.28. The molecule has 1 aliphatic heterocycles. The van der Waals surface area contributed by atoms with Gasteiger partial charge in [-0.05, 0) is 43.0 Å². The maximum atomic E-state index is 9.60. The van der Waals surface area contributed by atoms with Gasteiger partial charge in [-0.3, -0.25) is 4.90 Å². The zero-order valence-corrected chi connectivity index (χ0v) is 17.2. The molecule has 1 fully saturated rings. The second-order valence-electron chi connectivity index (χ2n) is 7.18. The summed E-state index contributed by atoms with van der Waals surface area (Å²) >= 11 is 0. The number of rotatable bonds is 7. The Hall–Kier alpha value is -2.38. The minimum absolute atomic E-state index is 0.169. The number of hydrogen-bond acceptors (Lipinski definition) is 7. The lowest BCUT2D eigenvalue weighted by atomic mass is 10.00. The first-order chi connectivity index (χ1) is 13.6. The second kappa shape index (κ2) is 9.21. The van der Waals surface area contributed by atoms with E-state index in [-0.39, 0.29) is 12.6 Å². The van der Waals surface area contributed by atoms with Crippen LogP contribution in [0.15, 0.2) is 24.5 Å². The third-order valence-corrected chi connectivity index (χ3v) is 5.67. The molecule has 7 nitrogen and oxygen atoms in total. The molecule has 152 valence electrons. The molecule has 1 aliphatic rings. The predicted octanol–water partition coefficient (Wildman–Crippen LogP) is 2.18. The number of piperazine rings is 1. The van der Waals surface area contributed by atoms with Crippen LogP contribution in [0.2, 0.25) is 0 Å². The summed E-state index contributed by atoms with van der Waals surface area (Å²) in [5, 5.41) is 9.60. The lowest BCUT2D eigenvalue weighted by molar-refractivity contribution is 0.135. The van der Waals surface area contributed by atoms with Gasteiger partial charge in [-0.25, -0.2) is 9.97 Å². The van der Waals surface area contributed by atoms with Crippen LogP contribution in [0.4, 0.5) is 5.82 Å². The number of ether oxygens (including phenoxy) is 2. The summed E-state index contributed by atoms with van der Waals surface area (Å²) in [6.07, 6.45) is 2.26. The fourth-order valence-corrected chi connectivity index (χ4v) is 3.81. The van der Waals surface area contributed by atoms with Gasteiger partial charge in [0, 0.05) is 44.9 Å². The third-order valence-electron chi connectivity index (χ3n) is 5.67. The zero-order chi connectivity index (χ0) is 20.1. The van der Waals surface area contributed by atoms with Crippen LogP contribution in [0.3, 0.4) is 0 Å². The Morgan fingerprint density at radius 3 is 2.64 bits per heavy atom. The van der Waals surface area contributed by atoms with E-state index in [1.165, 1.54) is 23.0 Å². The smallest absolute Gasteiger partial charge is 0.218 e. The first-order valence-electron chi connectivity index (χ1n) is 9.66. The van der Waals surface area contributed by atoms with Crippen LogP contribution in [0, 0.1) is 13.8 Å². The van der Waals surface area contributed by atoms with Crippen molar-refractivity contribution in [2.24, 2.45) is 0 Å². The minimum Gasteiger partial charge on any atom is -0.496 e. The largest absolute Gasteiger partial charge is 0.496 e. The molecule has 0 saturated carbocycles. The summed E-state index contributed by atoms with van der Waals surface area (Å²) in [5.74, 6) is 2.36. The molecule has 1 saturated heterocycles. The lowest BCUT2D eigenvalue weighted by Crippen LogP contribution is -2.53.